The van der Waals surface area contributed by atoms with Gasteiger partial charge in [-0.2, -0.15) is 4.98 Å². The van der Waals surface area contributed by atoms with Gasteiger partial charge in [0, 0.05) is 11.1 Å². The molecule has 2 aromatic heterocycles. The second kappa shape index (κ2) is 8.87. The highest BCUT2D eigenvalue weighted by molar-refractivity contribution is 7.98. The third-order valence-electron chi connectivity index (χ3n) is 4.30. The Kier molecular flexibility index (Phi) is 5.86. The third-order valence-corrected chi connectivity index (χ3v) is 5.20. The van der Waals surface area contributed by atoms with E-state index in [2.05, 4.69) is 20.3 Å². The molecule has 29 heavy (non-hydrogen) atoms. The molecule has 0 aliphatic rings. The zero-order valence-corrected chi connectivity index (χ0v) is 17.0. The minimum Gasteiger partial charge on any atom is -0.494 e. The fourth-order valence-corrected chi connectivity index (χ4v) is 3.47. The van der Waals surface area contributed by atoms with Crippen LogP contribution in [-0.4, -0.2) is 26.9 Å². The van der Waals surface area contributed by atoms with E-state index in [0.717, 1.165) is 33.2 Å². The topological polar surface area (TPSA) is 73.9 Å². The summed E-state index contributed by atoms with van der Waals surface area (Å²) in [5.41, 5.74) is 3.91. The molecule has 0 N–H and O–H groups in total. The molecule has 0 amide bonds. The van der Waals surface area contributed by atoms with Crippen LogP contribution >= 0.6 is 11.8 Å². The number of thioether (sulfide) groups is 1. The summed E-state index contributed by atoms with van der Waals surface area (Å²) in [6.45, 7) is 4.65. The minimum absolute atomic E-state index is 0.538. The van der Waals surface area contributed by atoms with Crippen molar-refractivity contribution >= 4 is 11.8 Å². The van der Waals surface area contributed by atoms with Gasteiger partial charge in [0.2, 0.25) is 11.7 Å². The van der Waals surface area contributed by atoms with Gasteiger partial charge in [-0.25, -0.2) is 0 Å². The van der Waals surface area contributed by atoms with Gasteiger partial charge in [-0.15, -0.1) is 10.2 Å². The van der Waals surface area contributed by atoms with Crippen LogP contribution in [0.3, 0.4) is 0 Å². The SMILES string of the molecule is CCOc1ccc(-c2ccc(SCc3nc(-c4ccccc4C)no3)nn2)cc1. The number of hydrogen-bond donors (Lipinski definition) is 0. The van der Waals surface area contributed by atoms with E-state index in [4.69, 9.17) is 9.26 Å². The number of ether oxygens (including phenoxy) is 1. The fourth-order valence-electron chi connectivity index (χ4n) is 2.82. The van der Waals surface area contributed by atoms with E-state index < -0.39 is 0 Å². The molecule has 0 saturated carbocycles. The molecule has 146 valence electrons. The van der Waals surface area contributed by atoms with Gasteiger partial charge in [0.25, 0.3) is 0 Å². The molecule has 0 saturated heterocycles. The number of rotatable bonds is 7. The lowest BCUT2D eigenvalue weighted by atomic mass is 10.1. The molecule has 0 aliphatic heterocycles. The maximum atomic E-state index is 5.47. The predicted molar refractivity (Wildman–Crippen MR) is 113 cm³/mol. The van der Waals surface area contributed by atoms with Gasteiger partial charge in [-0.05, 0) is 55.8 Å². The van der Waals surface area contributed by atoms with Crippen LogP contribution in [0.2, 0.25) is 0 Å². The number of aryl methyl sites for hydroxylation is 1. The maximum Gasteiger partial charge on any atom is 0.237 e. The van der Waals surface area contributed by atoms with Crippen LogP contribution in [0.5, 0.6) is 5.75 Å². The molecule has 0 radical (unpaired) electrons. The Balaban J connectivity index is 1.39. The average molecular weight is 404 g/mol. The Morgan fingerprint density at radius 3 is 2.52 bits per heavy atom. The lowest BCUT2D eigenvalue weighted by molar-refractivity contribution is 0.340. The van der Waals surface area contributed by atoms with Crippen LogP contribution in [0.1, 0.15) is 18.4 Å². The van der Waals surface area contributed by atoms with Gasteiger partial charge in [0.05, 0.1) is 18.1 Å². The lowest BCUT2D eigenvalue weighted by Crippen LogP contribution is -1.92. The third kappa shape index (κ3) is 4.63. The standard InChI is InChI=1S/C22H20N4O2S/c1-3-27-17-10-8-16(9-11-17)19-12-13-21(25-24-19)29-14-20-23-22(26-28-20)18-7-5-4-6-15(18)2/h4-13H,3,14H2,1-2H3. The predicted octanol–water partition coefficient (Wildman–Crippen LogP) is 5.19. The van der Waals surface area contributed by atoms with E-state index in [1.54, 1.807) is 0 Å². The summed E-state index contributed by atoms with van der Waals surface area (Å²) in [4.78, 5) is 4.49. The van der Waals surface area contributed by atoms with Crippen molar-refractivity contribution in [2.24, 2.45) is 0 Å². The highest BCUT2D eigenvalue weighted by Gasteiger charge is 2.11. The molecule has 0 unspecified atom stereocenters. The van der Waals surface area contributed by atoms with Gasteiger partial charge < -0.3 is 9.26 Å². The summed E-state index contributed by atoms with van der Waals surface area (Å²) in [5.74, 6) is 2.55. The van der Waals surface area contributed by atoms with Gasteiger partial charge >= 0.3 is 0 Å². The van der Waals surface area contributed by atoms with Gasteiger partial charge in [-0.3, -0.25) is 0 Å². The number of benzene rings is 2. The largest absolute Gasteiger partial charge is 0.494 e. The Hall–Kier alpha value is -3.19. The maximum absolute atomic E-state index is 5.47. The molecule has 0 spiro atoms. The van der Waals surface area contributed by atoms with Gasteiger partial charge in [0.15, 0.2) is 0 Å². The number of nitrogens with zero attached hydrogens (tertiary/aromatic N) is 4. The Morgan fingerprint density at radius 2 is 1.79 bits per heavy atom. The average Bonchev–Trinajstić information content (AvgIpc) is 3.23. The van der Waals surface area contributed by atoms with E-state index in [9.17, 15) is 0 Å². The summed E-state index contributed by atoms with van der Waals surface area (Å²) in [6.07, 6.45) is 0. The van der Waals surface area contributed by atoms with Crippen LogP contribution in [0.4, 0.5) is 0 Å². The van der Waals surface area contributed by atoms with Crippen LogP contribution in [0.25, 0.3) is 22.6 Å². The van der Waals surface area contributed by atoms with Crippen molar-refractivity contribution in [3.8, 4) is 28.4 Å². The Labute approximate surface area is 173 Å². The van der Waals surface area contributed by atoms with E-state index in [1.165, 1.54) is 11.8 Å². The molecule has 0 fully saturated rings. The van der Waals surface area contributed by atoms with Crippen molar-refractivity contribution < 1.29 is 9.26 Å². The van der Waals surface area contributed by atoms with Crippen molar-refractivity contribution in [2.45, 2.75) is 24.6 Å². The highest BCUT2D eigenvalue weighted by atomic mass is 32.2. The molecule has 2 aromatic carbocycles. The molecule has 0 bridgehead atoms. The summed E-state index contributed by atoms with van der Waals surface area (Å²) >= 11 is 1.51. The zero-order chi connectivity index (χ0) is 20.1. The molecular formula is C22H20N4O2S. The van der Waals surface area contributed by atoms with Crippen molar-refractivity contribution in [2.75, 3.05) is 6.61 Å². The first-order chi connectivity index (χ1) is 14.2. The van der Waals surface area contributed by atoms with Crippen LogP contribution in [0, 0.1) is 6.92 Å². The van der Waals surface area contributed by atoms with E-state index in [1.807, 2.05) is 74.5 Å². The monoisotopic (exact) mass is 404 g/mol. The normalized spacial score (nSPS) is 10.8. The molecule has 4 aromatic rings. The summed E-state index contributed by atoms with van der Waals surface area (Å²) < 4.78 is 10.8. The summed E-state index contributed by atoms with van der Waals surface area (Å²) in [6, 6.07) is 19.7. The second-order valence-electron chi connectivity index (χ2n) is 6.33. The summed E-state index contributed by atoms with van der Waals surface area (Å²) in [7, 11) is 0. The summed E-state index contributed by atoms with van der Waals surface area (Å²) in [5, 5.41) is 13.5. The molecule has 6 nitrogen and oxygen atoms in total. The van der Waals surface area contributed by atoms with Crippen LogP contribution in [0.15, 0.2) is 70.2 Å². The van der Waals surface area contributed by atoms with Gasteiger partial charge in [-0.1, -0.05) is 41.2 Å². The van der Waals surface area contributed by atoms with E-state index in [-0.39, 0.29) is 0 Å². The van der Waals surface area contributed by atoms with Gasteiger partial charge in [0.1, 0.15) is 10.8 Å². The van der Waals surface area contributed by atoms with Crippen LogP contribution in [-0.2, 0) is 5.75 Å². The van der Waals surface area contributed by atoms with Crippen molar-refractivity contribution in [1.29, 1.82) is 0 Å². The van der Waals surface area contributed by atoms with Crippen LogP contribution < -0.4 is 4.74 Å². The minimum atomic E-state index is 0.538. The second-order valence-corrected chi connectivity index (χ2v) is 7.33. The number of aromatic nitrogens is 4. The Bertz CT molecular complexity index is 1080. The first kappa shape index (κ1) is 19.1. The molecule has 0 aliphatic carbocycles. The van der Waals surface area contributed by atoms with E-state index >= 15 is 0 Å². The fraction of sp³-hybridized carbons (Fsp3) is 0.182. The quantitative estimate of drug-likeness (QED) is 0.392. The number of hydrogen-bond acceptors (Lipinski definition) is 7. The molecular weight excluding hydrogens is 384 g/mol. The first-order valence-electron chi connectivity index (χ1n) is 9.31. The molecule has 2 heterocycles. The zero-order valence-electron chi connectivity index (χ0n) is 16.2. The highest BCUT2D eigenvalue weighted by Crippen LogP contribution is 2.25. The molecule has 0 atom stereocenters. The smallest absolute Gasteiger partial charge is 0.237 e. The lowest BCUT2D eigenvalue weighted by Gasteiger charge is -2.04. The molecule has 4 rings (SSSR count). The first-order valence-corrected chi connectivity index (χ1v) is 10.3. The molecule has 7 heteroatoms. The van der Waals surface area contributed by atoms with Crippen molar-refractivity contribution in [3.63, 3.8) is 0 Å². The Morgan fingerprint density at radius 1 is 0.966 bits per heavy atom. The van der Waals surface area contributed by atoms with E-state index in [0.29, 0.717) is 24.1 Å². The van der Waals surface area contributed by atoms with Crippen molar-refractivity contribution in [3.05, 3.63) is 72.1 Å². The van der Waals surface area contributed by atoms with Crippen molar-refractivity contribution in [1.82, 2.24) is 20.3 Å².